The summed E-state index contributed by atoms with van der Waals surface area (Å²) in [5, 5.41) is 6.00. The fourth-order valence-corrected chi connectivity index (χ4v) is 6.16. The first-order valence-corrected chi connectivity index (χ1v) is 14.2. The molecule has 30 heavy (non-hydrogen) atoms. The Hall–Kier alpha value is -0.440. The van der Waals surface area contributed by atoms with E-state index in [1.165, 1.54) is 0 Å². The molecule has 8 heteroatoms. The van der Waals surface area contributed by atoms with Gasteiger partial charge < -0.3 is 10.6 Å². The van der Waals surface area contributed by atoms with Gasteiger partial charge in [0.2, 0.25) is 11.8 Å². The van der Waals surface area contributed by atoms with Gasteiger partial charge in [0.25, 0.3) is 0 Å². The number of rotatable bonds is 8. The molecule has 1 aromatic carbocycles. The van der Waals surface area contributed by atoms with Gasteiger partial charge in [-0.05, 0) is 39.8 Å². The maximum Gasteiger partial charge on any atom is 0.240 e. The van der Waals surface area contributed by atoms with E-state index in [2.05, 4.69) is 52.2 Å². The summed E-state index contributed by atoms with van der Waals surface area (Å²) >= 11 is 0. The van der Waals surface area contributed by atoms with Crippen molar-refractivity contribution in [1.82, 2.24) is 0 Å². The first-order chi connectivity index (χ1) is 13.4. The third-order valence-corrected chi connectivity index (χ3v) is 11.9. The van der Waals surface area contributed by atoms with E-state index in [0.717, 1.165) is 0 Å². The second-order valence-corrected chi connectivity index (χ2v) is 17.2. The van der Waals surface area contributed by atoms with Crippen LogP contribution in [-0.2, 0) is 9.59 Å². The highest BCUT2D eigenvalue weighted by molar-refractivity contribution is 8.78. The van der Waals surface area contributed by atoms with Gasteiger partial charge in [0.1, 0.15) is 0 Å². The Morgan fingerprint density at radius 2 is 0.900 bits per heavy atom. The summed E-state index contributed by atoms with van der Waals surface area (Å²) in [5.41, 5.74) is 1.21. The van der Waals surface area contributed by atoms with E-state index in [-0.39, 0.29) is 21.3 Å². The van der Waals surface area contributed by atoms with E-state index in [0.29, 0.717) is 11.4 Å². The summed E-state index contributed by atoms with van der Waals surface area (Å²) in [7, 11) is 6.49. The fraction of sp³-hybridized carbons (Fsp3) is 0.636. The van der Waals surface area contributed by atoms with E-state index in [9.17, 15) is 9.59 Å². The van der Waals surface area contributed by atoms with Crippen LogP contribution in [0.5, 0.6) is 0 Å². The van der Waals surface area contributed by atoms with Crippen LogP contribution in [-0.4, -0.2) is 30.8 Å². The van der Waals surface area contributed by atoms with Crippen molar-refractivity contribution in [2.45, 2.75) is 88.2 Å². The number of hydrogen-bond donors (Lipinski definition) is 2. The summed E-state index contributed by atoms with van der Waals surface area (Å²) in [5.74, 6) is -0.189. The zero-order valence-electron chi connectivity index (χ0n) is 19.8. The van der Waals surface area contributed by atoms with Gasteiger partial charge in [0.05, 0.1) is 20.9 Å². The number of hydrogen-bond acceptors (Lipinski definition) is 6. The molecule has 2 amide bonds. The molecular weight excluding hydrogens is 453 g/mol. The van der Waals surface area contributed by atoms with Gasteiger partial charge in [-0.25, -0.2) is 0 Å². The van der Waals surface area contributed by atoms with Crippen LogP contribution in [0.4, 0.5) is 11.4 Å². The summed E-state index contributed by atoms with van der Waals surface area (Å²) < 4.78 is -1.12. The van der Waals surface area contributed by atoms with Crippen LogP contribution < -0.4 is 10.6 Å². The third-order valence-electron chi connectivity index (χ3n) is 3.52. The van der Waals surface area contributed by atoms with Crippen molar-refractivity contribution in [3.63, 3.8) is 0 Å². The Balaban J connectivity index is 2.90. The topological polar surface area (TPSA) is 58.2 Å². The van der Waals surface area contributed by atoms with Crippen molar-refractivity contribution in [3.05, 3.63) is 24.3 Å². The highest BCUT2D eigenvalue weighted by Crippen LogP contribution is 2.45. The lowest BCUT2D eigenvalue weighted by Crippen LogP contribution is -2.36. The molecule has 2 N–H and O–H groups in total. The molecule has 0 spiro atoms. The quantitative estimate of drug-likeness (QED) is 0.370. The number of nitrogens with one attached hydrogen (secondary N) is 2. The van der Waals surface area contributed by atoms with Crippen molar-refractivity contribution in [1.29, 1.82) is 0 Å². The Morgan fingerprint density at radius 3 is 1.17 bits per heavy atom. The molecule has 0 radical (unpaired) electrons. The van der Waals surface area contributed by atoms with Gasteiger partial charge in [-0.1, -0.05) is 96.9 Å². The molecule has 4 nitrogen and oxygen atoms in total. The molecule has 0 bridgehead atoms. The molecule has 0 aliphatic carbocycles. The first-order valence-electron chi connectivity index (χ1n) is 9.89. The number of amides is 2. The van der Waals surface area contributed by atoms with E-state index < -0.39 is 9.49 Å². The summed E-state index contributed by atoms with van der Waals surface area (Å²) in [6, 6.07) is 7.33. The zero-order chi connectivity index (χ0) is 23.4. The van der Waals surface area contributed by atoms with E-state index >= 15 is 0 Å². The molecule has 0 fully saturated rings. The van der Waals surface area contributed by atoms with Crippen molar-refractivity contribution < 1.29 is 9.59 Å². The number of para-hydroxylation sites is 2. The maximum absolute atomic E-state index is 12.9. The molecule has 0 saturated heterocycles. The molecule has 0 aliphatic heterocycles. The standard InChI is InChI=1S/C22H36N2O2S4/c1-19(2,3)27-29-21(7,8)17(25)23-15-13-11-12-14-16(15)24-18(26)22(9,10)30-28-20(4,5)6/h11-14H,1-10H3,(H,23,25)(H,24,26). The van der Waals surface area contributed by atoms with Crippen LogP contribution in [0.2, 0.25) is 0 Å². The number of anilines is 2. The Labute approximate surface area is 198 Å². The smallest absolute Gasteiger partial charge is 0.240 e. The van der Waals surface area contributed by atoms with Gasteiger partial charge in [0.15, 0.2) is 0 Å². The van der Waals surface area contributed by atoms with Gasteiger partial charge in [-0.3, -0.25) is 9.59 Å². The highest BCUT2D eigenvalue weighted by Gasteiger charge is 2.33. The minimum absolute atomic E-state index is 0.0580. The van der Waals surface area contributed by atoms with Crippen molar-refractivity contribution >= 4 is 66.4 Å². The molecule has 0 saturated carbocycles. The zero-order valence-corrected chi connectivity index (χ0v) is 23.0. The van der Waals surface area contributed by atoms with Crippen LogP contribution in [0.3, 0.4) is 0 Å². The predicted octanol–water partition coefficient (Wildman–Crippen LogP) is 7.48. The Kier molecular flexibility index (Phi) is 9.61. The third kappa shape index (κ3) is 9.79. The number of carbonyl (C=O) groups is 2. The second-order valence-electron chi connectivity index (χ2n) is 10.0. The van der Waals surface area contributed by atoms with Gasteiger partial charge in [-0.2, -0.15) is 0 Å². The van der Waals surface area contributed by atoms with Gasteiger partial charge in [0, 0.05) is 9.49 Å². The van der Waals surface area contributed by atoms with Crippen LogP contribution in [0, 0.1) is 0 Å². The molecular formula is C22H36N2O2S4. The maximum atomic E-state index is 12.9. The Morgan fingerprint density at radius 1 is 0.600 bits per heavy atom. The van der Waals surface area contributed by atoms with E-state index in [1.54, 1.807) is 43.2 Å². The minimum Gasteiger partial charge on any atom is -0.323 e. The molecule has 0 aliphatic rings. The molecule has 0 heterocycles. The molecule has 0 aromatic heterocycles. The Bertz CT molecular complexity index is 687. The van der Waals surface area contributed by atoms with Gasteiger partial charge >= 0.3 is 0 Å². The average Bonchev–Trinajstić information content (AvgIpc) is 2.59. The summed E-state index contributed by atoms with van der Waals surface area (Å²) in [4.78, 5) is 25.9. The van der Waals surface area contributed by atoms with Crippen LogP contribution in [0.1, 0.15) is 69.2 Å². The first kappa shape index (κ1) is 27.6. The summed E-state index contributed by atoms with van der Waals surface area (Å²) in [6.07, 6.45) is 0. The predicted molar refractivity (Wildman–Crippen MR) is 142 cm³/mol. The van der Waals surface area contributed by atoms with Crippen molar-refractivity contribution in [3.8, 4) is 0 Å². The number of benzene rings is 1. The van der Waals surface area contributed by atoms with Crippen LogP contribution >= 0.6 is 43.2 Å². The summed E-state index contributed by atoms with van der Waals surface area (Å²) in [6.45, 7) is 20.4. The molecule has 0 unspecified atom stereocenters. The molecule has 0 atom stereocenters. The number of carbonyl (C=O) groups excluding carboxylic acids is 2. The van der Waals surface area contributed by atoms with E-state index in [1.807, 2.05) is 52.0 Å². The van der Waals surface area contributed by atoms with Crippen molar-refractivity contribution in [2.75, 3.05) is 10.6 Å². The molecule has 170 valence electrons. The van der Waals surface area contributed by atoms with E-state index in [4.69, 9.17) is 0 Å². The minimum atomic E-state index is -0.618. The SMILES string of the molecule is CC(C)(C)SSC(C)(C)C(=O)Nc1ccccc1NC(=O)C(C)(C)SSC(C)(C)C. The lowest BCUT2D eigenvalue weighted by Gasteiger charge is -2.28. The monoisotopic (exact) mass is 488 g/mol. The molecule has 1 aromatic rings. The average molecular weight is 489 g/mol. The fourth-order valence-electron chi connectivity index (χ4n) is 1.78. The van der Waals surface area contributed by atoms with Gasteiger partial charge in [-0.15, -0.1) is 0 Å². The normalized spacial score (nSPS) is 13.1. The largest absolute Gasteiger partial charge is 0.323 e. The van der Waals surface area contributed by atoms with Crippen molar-refractivity contribution in [2.24, 2.45) is 0 Å². The van der Waals surface area contributed by atoms with Crippen LogP contribution in [0.15, 0.2) is 24.3 Å². The lowest BCUT2D eigenvalue weighted by molar-refractivity contribution is -0.118. The second kappa shape index (κ2) is 10.5. The van der Waals surface area contributed by atoms with Crippen LogP contribution in [0.25, 0.3) is 0 Å². The molecule has 1 rings (SSSR count). The highest BCUT2D eigenvalue weighted by atomic mass is 33.1. The lowest BCUT2D eigenvalue weighted by atomic mass is 10.1.